The molecule has 1 aromatic heterocycles. The monoisotopic (exact) mass is 463 g/mol. The Morgan fingerprint density at radius 3 is 2.65 bits per heavy atom. The van der Waals surface area contributed by atoms with Crippen LogP contribution in [-0.4, -0.2) is 52.4 Å². The molecular weight excluding hydrogens is 430 g/mol. The number of hydrogen-bond donors (Lipinski definition) is 1. The summed E-state index contributed by atoms with van der Waals surface area (Å²) >= 11 is 0. The minimum absolute atomic E-state index is 0.0379. The number of amides is 1. The maximum atomic E-state index is 12.4. The second kappa shape index (κ2) is 10.7. The highest BCUT2D eigenvalue weighted by Crippen LogP contribution is 2.24. The fraction of sp³-hybridized carbons (Fsp3) is 0.423. The number of para-hydroxylation sites is 1. The third kappa shape index (κ3) is 5.56. The van der Waals surface area contributed by atoms with Crippen molar-refractivity contribution in [1.82, 2.24) is 25.0 Å². The Hall–Kier alpha value is -3.39. The molecule has 0 aliphatic carbocycles. The van der Waals surface area contributed by atoms with Crippen molar-refractivity contribution in [2.75, 3.05) is 26.8 Å². The second-order valence-electron chi connectivity index (χ2n) is 8.79. The maximum Gasteiger partial charge on any atom is 0.258 e. The third-order valence-corrected chi connectivity index (χ3v) is 6.27. The minimum atomic E-state index is -0.258. The molecule has 0 spiro atoms. The van der Waals surface area contributed by atoms with Crippen LogP contribution < -0.4 is 14.8 Å². The van der Waals surface area contributed by atoms with Gasteiger partial charge in [0.2, 0.25) is 0 Å². The van der Waals surface area contributed by atoms with E-state index in [2.05, 4.69) is 51.0 Å². The molecule has 2 aromatic carbocycles. The van der Waals surface area contributed by atoms with Crippen molar-refractivity contribution < 1.29 is 14.3 Å². The van der Waals surface area contributed by atoms with Gasteiger partial charge in [-0.3, -0.25) is 9.69 Å². The van der Waals surface area contributed by atoms with Crippen LogP contribution in [0.15, 0.2) is 42.5 Å². The van der Waals surface area contributed by atoms with Crippen LogP contribution in [0.25, 0.3) is 0 Å². The van der Waals surface area contributed by atoms with Gasteiger partial charge < -0.3 is 19.4 Å². The van der Waals surface area contributed by atoms with Gasteiger partial charge in [-0.05, 0) is 55.7 Å². The Bertz CT molecular complexity index is 1130. The predicted molar refractivity (Wildman–Crippen MR) is 130 cm³/mol. The average molecular weight is 464 g/mol. The van der Waals surface area contributed by atoms with Crippen LogP contribution in [0, 0.1) is 13.8 Å². The molecule has 2 heterocycles. The Kier molecular flexibility index (Phi) is 7.47. The number of nitrogens with zero attached hydrogens (tertiary/aromatic N) is 4. The molecule has 3 aromatic rings. The molecule has 0 fully saturated rings. The lowest BCUT2D eigenvalue weighted by Gasteiger charge is -2.22. The van der Waals surface area contributed by atoms with E-state index in [1.807, 2.05) is 37.3 Å². The van der Waals surface area contributed by atoms with Gasteiger partial charge in [0.25, 0.3) is 5.91 Å². The Morgan fingerprint density at radius 1 is 1.09 bits per heavy atom. The van der Waals surface area contributed by atoms with Crippen molar-refractivity contribution in [2.24, 2.45) is 0 Å². The highest BCUT2D eigenvalue weighted by molar-refractivity contribution is 5.77. The summed E-state index contributed by atoms with van der Waals surface area (Å²) in [7, 11) is 1.71. The van der Waals surface area contributed by atoms with Gasteiger partial charge in [0.05, 0.1) is 13.2 Å². The molecular formula is C26H33N5O3. The van der Waals surface area contributed by atoms with Gasteiger partial charge in [-0.2, -0.15) is 0 Å². The molecule has 0 saturated carbocycles. The molecule has 0 radical (unpaired) electrons. The second-order valence-corrected chi connectivity index (χ2v) is 8.79. The van der Waals surface area contributed by atoms with Crippen LogP contribution in [0.3, 0.4) is 0 Å². The zero-order chi connectivity index (χ0) is 24.1. The summed E-state index contributed by atoms with van der Waals surface area (Å²) in [5, 5.41) is 11.8. The quantitative estimate of drug-likeness (QED) is 0.553. The summed E-state index contributed by atoms with van der Waals surface area (Å²) in [5.74, 6) is 3.15. The molecule has 8 heteroatoms. The highest BCUT2D eigenvalue weighted by Gasteiger charge is 2.23. The van der Waals surface area contributed by atoms with E-state index in [9.17, 15) is 4.79 Å². The van der Waals surface area contributed by atoms with Crippen LogP contribution >= 0.6 is 0 Å². The first kappa shape index (κ1) is 23.8. The molecule has 34 heavy (non-hydrogen) atoms. The first-order chi connectivity index (χ1) is 16.4. The number of rotatable bonds is 8. The third-order valence-electron chi connectivity index (χ3n) is 6.27. The van der Waals surface area contributed by atoms with E-state index >= 15 is 0 Å². The number of benzene rings is 2. The lowest BCUT2D eigenvalue weighted by Crippen LogP contribution is -2.33. The van der Waals surface area contributed by atoms with Crippen LogP contribution in [0.4, 0.5) is 0 Å². The SMILES string of the molecule is COc1cc(C)c(CN2CCc3nnc(C(C)NC(=O)COc4ccccc4)n3CC2)cc1C. The number of ether oxygens (including phenoxy) is 2. The molecule has 1 aliphatic rings. The largest absolute Gasteiger partial charge is 0.496 e. The number of nitrogens with one attached hydrogen (secondary N) is 1. The van der Waals surface area contributed by atoms with E-state index in [-0.39, 0.29) is 18.6 Å². The van der Waals surface area contributed by atoms with Crippen LogP contribution in [-0.2, 0) is 24.3 Å². The molecule has 0 bridgehead atoms. The Labute approximate surface area is 200 Å². The smallest absolute Gasteiger partial charge is 0.258 e. The van der Waals surface area contributed by atoms with Crippen molar-refractivity contribution in [3.05, 3.63) is 70.8 Å². The molecule has 4 rings (SSSR count). The van der Waals surface area contributed by atoms with Gasteiger partial charge in [-0.15, -0.1) is 10.2 Å². The highest BCUT2D eigenvalue weighted by atomic mass is 16.5. The molecule has 8 nitrogen and oxygen atoms in total. The number of hydrogen-bond acceptors (Lipinski definition) is 6. The van der Waals surface area contributed by atoms with Crippen molar-refractivity contribution in [3.63, 3.8) is 0 Å². The number of aromatic nitrogens is 3. The normalized spacial score (nSPS) is 14.7. The van der Waals surface area contributed by atoms with Gasteiger partial charge in [0, 0.05) is 32.6 Å². The number of carbonyl (C=O) groups is 1. The standard InChI is InChI=1S/C26H33N5O3/c1-18-15-23(33-4)19(2)14-21(18)16-30-11-10-24-28-29-26(31(24)13-12-30)20(3)27-25(32)17-34-22-8-6-5-7-9-22/h5-9,14-15,20H,10-13,16-17H2,1-4H3,(H,27,32). The van der Waals surface area contributed by atoms with Gasteiger partial charge >= 0.3 is 0 Å². The van der Waals surface area contributed by atoms with Crippen LogP contribution in [0.1, 0.15) is 41.3 Å². The summed E-state index contributed by atoms with van der Waals surface area (Å²) in [6.45, 7) is 9.58. The zero-order valence-electron chi connectivity index (χ0n) is 20.4. The van der Waals surface area contributed by atoms with Gasteiger partial charge in [-0.25, -0.2) is 0 Å². The predicted octanol–water partition coefficient (Wildman–Crippen LogP) is 3.22. The first-order valence-corrected chi connectivity index (χ1v) is 11.7. The molecule has 0 saturated heterocycles. The van der Waals surface area contributed by atoms with Gasteiger partial charge in [0.15, 0.2) is 12.4 Å². The lowest BCUT2D eigenvalue weighted by atomic mass is 10.0. The van der Waals surface area contributed by atoms with Crippen molar-refractivity contribution in [2.45, 2.75) is 46.3 Å². The van der Waals surface area contributed by atoms with Crippen LogP contribution in [0.5, 0.6) is 11.5 Å². The first-order valence-electron chi connectivity index (χ1n) is 11.7. The summed E-state index contributed by atoms with van der Waals surface area (Å²) in [6, 6.07) is 13.4. The van der Waals surface area contributed by atoms with E-state index in [0.717, 1.165) is 55.6 Å². The fourth-order valence-electron chi connectivity index (χ4n) is 4.36. The summed E-state index contributed by atoms with van der Waals surface area (Å²) in [4.78, 5) is 14.9. The molecule has 1 N–H and O–H groups in total. The van der Waals surface area contributed by atoms with Crippen molar-refractivity contribution in [1.29, 1.82) is 0 Å². The van der Waals surface area contributed by atoms with E-state index in [0.29, 0.717) is 5.75 Å². The van der Waals surface area contributed by atoms with E-state index in [1.54, 1.807) is 7.11 Å². The van der Waals surface area contributed by atoms with E-state index < -0.39 is 0 Å². The topological polar surface area (TPSA) is 81.5 Å². The van der Waals surface area contributed by atoms with Crippen LogP contribution in [0.2, 0.25) is 0 Å². The number of carbonyl (C=O) groups excluding carboxylic acids is 1. The summed E-state index contributed by atoms with van der Waals surface area (Å²) in [6.07, 6.45) is 0.818. The van der Waals surface area contributed by atoms with Gasteiger partial charge in [0.1, 0.15) is 17.3 Å². The summed E-state index contributed by atoms with van der Waals surface area (Å²) < 4.78 is 13.2. The maximum absolute atomic E-state index is 12.4. The van der Waals surface area contributed by atoms with Crippen molar-refractivity contribution in [3.8, 4) is 11.5 Å². The Balaban J connectivity index is 1.35. The molecule has 1 aliphatic heterocycles. The molecule has 1 atom stereocenters. The van der Waals surface area contributed by atoms with E-state index in [1.165, 1.54) is 11.1 Å². The Morgan fingerprint density at radius 2 is 1.88 bits per heavy atom. The lowest BCUT2D eigenvalue weighted by molar-refractivity contribution is -0.123. The molecule has 1 unspecified atom stereocenters. The van der Waals surface area contributed by atoms with E-state index in [4.69, 9.17) is 9.47 Å². The minimum Gasteiger partial charge on any atom is -0.496 e. The molecule has 1 amide bonds. The zero-order valence-corrected chi connectivity index (χ0v) is 20.4. The number of fused-ring (bicyclic) bond motifs is 1. The fourth-order valence-corrected chi connectivity index (χ4v) is 4.36. The number of aryl methyl sites for hydroxylation is 2. The van der Waals surface area contributed by atoms with Gasteiger partial charge in [-0.1, -0.05) is 24.3 Å². The summed E-state index contributed by atoms with van der Waals surface area (Å²) in [5.41, 5.74) is 3.70. The average Bonchev–Trinajstić information content (AvgIpc) is 3.14. The number of methoxy groups -OCH3 is 1. The molecule has 180 valence electrons. The van der Waals surface area contributed by atoms with Crippen molar-refractivity contribution >= 4 is 5.91 Å².